The second kappa shape index (κ2) is 7.81. The van der Waals surface area contributed by atoms with Crippen molar-refractivity contribution in [2.75, 3.05) is 30.3 Å². The first-order valence-electron chi connectivity index (χ1n) is 7.84. The van der Waals surface area contributed by atoms with Crippen molar-refractivity contribution in [3.63, 3.8) is 0 Å². The van der Waals surface area contributed by atoms with E-state index < -0.39 is 26.0 Å². The zero-order valence-corrected chi connectivity index (χ0v) is 15.8. The molecule has 0 radical (unpaired) electrons. The predicted molar refractivity (Wildman–Crippen MR) is 93.4 cm³/mol. The number of sulfonamides is 2. The van der Waals surface area contributed by atoms with Gasteiger partial charge in [0.2, 0.25) is 26.0 Å². The average molecular weight is 390 g/mol. The van der Waals surface area contributed by atoms with Gasteiger partial charge in [0.1, 0.15) is 0 Å². The SMILES string of the molecule is COCCCCNS(=O)(=O)c1ccc(N2C(=O)CCS2(=O)=O)cc1C. The predicted octanol–water partition coefficient (Wildman–Crippen LogP) is 0.766. The molecule has 1 saturated heterocycles. The summed E-state index contributed by atoms with van der Waals surface area (Å²) < 4.78 is 56.8. The van der Waals surface area contributed by atoms with Gasteiger partial charge in [-0.3, -0.25) is 4.79 Å². The molecule has 25 heavy (non-hydrogen) atoms. The molecule has 140 valence electrons. The standard InChI is InChI=1S/C15H22N2O6S2/c1-12-11-13(17-15(18)7-10-24(17,19)20)5-6-14(12)25(21,22)16-8-3-4-9-23-2/h5-6,11,16H,3-4,7-10H2,1-2H3. The minimum absolute atomic E-state index is 0.0621. The van der Waals surface area contributed by atoms with Gasteiger partial charge in [0.25, 0.3) is 0 Å². The van der Waals surface area contributed by atoms with Crippen LogP contribution in [0.1, 0.15) is 24.8 Å². The number of methoxy groups -OCH3 is 1. The van der Waals surface area contributed by atoms with E-state index in [0.717, 1.165) is 10.7 Å². The molecule has 0 atom stereocenters. The number of nitrogens with one attached hydrogen (secondary N) is 1. The molecule has 1 heterocycles. The zero-order chi connectivity index (χ0) is 18.7. The number of carbonyl (C=O) groups is 1. The highest BCUT2D eigenvalue weighted by Crippen LogP contribution is 2.28. The highest BCUT2D eigenvalue weighted by atomic mass is 32.2. The Bertz CT molecular complexity index is 849. The number of anilines is 1. The summed E-state index contributed by atoms with van der Waals surface area (Å²) in [6.07, 6.45) is 1.32. The molecular formula is C15H22N2O6S2. The molecule has 1 fully saturated rings. The molecule has 0 spiro atoms. The van der Waals surface area contributed by atoms with Crippen molar-refractivity contribution >= 4 is 31.6 Å². The first-order chi connectivity index (χ1) is 11.7. The molecule has 1 aliphatic heterocycles. The number of benzene rings is 1. The minimum atomic E-state index is -3.70. The Kier molecular flexibility index (Phi) is 6.20. The van der Waals surface area contributed by atoms with E-state index in [-0.39, 0.29) is 29.3 Å². The van der Waals surface area contributed by atoms with Crippen LogP contribution in [0, 0.1) is 6.92 Å². The Morgan fingerprint density at radius 2 is 2.00 bits per heavy atom. The van der Waals surface area contributed by atoms with Gasteiger partial charge in [0.05, 0.1) is 16.3 Å². The van der Waals surface area contributed by atoms with Gasteiger partial charge in [-0.05, 0) is 43.5 Å². The number of amides is 1. The zero-order valence-electron chi connectivity index (χ0n) is 14.2. The smallest absolute Gasteiger partial charge is 0.242 e. The van der Waals surface area contributed by atoms with Gasteiger partial charge in [-0.2, -0.15) is 0 Å². The number of hydrogen-bond acceptors (Lipinski definition) is 6. The Morgan fingerprint density at radius 1 is 1.28 bits per heavy atom. The summed E-state index contributed by atoms with van der Waals surface area (Å²) in [6, 6.07) is 4.07. The number of nitrogens with zero attached hydrogens (tertiary/aromatic N) is 1. The average Bonchev–Trinajstić information content (AvgIpc) is 2.80. The van der Waals surface area contributed by atoms with Gasteiger partial charge in [0, 0.05) is 26.7 Å². The summed E-state index contributed by atoms with van der Waals surface area (Å²) >= 11 is 0. The van der Waals surface area contributed by atoms with Crippen LogP contribution in [-0.4, -0.2) is 48.8 Å². The second-order valence-electron chi connectivity index (χ2n) is 5.77. The van der Waals surface area contributed by atoms with Crippen LogP contribution in [-0.2, 0) is 29.6 Å². The van der Waals surface area contributed by atoms with Crippen molar-refractivity contribution in [1.82, 2.24) is 4.72 Å². The van der Waals surface area contributed by atoms with Crippen LogP contribution in [0.25, 0.3) is 0 Å². The number of ether oxygens (including phenoxy) is 1. The summed E-state index contributed by atoms with van der Waals surface area (Å²) in [5, 5.41) is 0. The van der Waals surface area contributed by atoms with Gasteiger partial charge in [-0.25, -0.2) is 25.9 Å². The first-order valence-corrected chi connectivity index (χ1v) is 10.9. The van der Waals surface area contributed by atoms with Crippen molar-refractivity contribution in [3.8, 4) is 0 Å². The lowest BCUT2D eigenvalue weighted by molar-refractivity contribution is -0.116. The van der Waals surface area contributed by atoms with E-state index in [2.05, 4.69) is 4.72 Å². The Balaban J connectivity index is 2.18. The van der Waals surface area contributed by atoms with Crippen LogP contribution in [0.15, 0.2) is 23.1 Å². The molecule has 1 aromatic rings. The van der Waals surface area contributed by atoms with Crippen LogP contribution >= 0.6 is 0 Å². The van der Waals surface area contributed by atoms with Crippen molar-refractivity contribution in [2.24, 2.45) is 0 Å². The molecule has 1 aliphatic rings. The minimum Gasteiger partial charge on any atom is -0.385 e. The third-order valence-corrected chi connectivity index (χ3v) is 7.14. The third kappa shape index (κ3) is 4.57. The van der Waals surface area contributed by atoms with Crippen LogP contribution in [0.5, 0.6) is 0 Å². The van der Waals surface area contributed by atoms with E-state index in [1.807, 2.05) is 0 Å². The maximum atomic E-state index is 12.4. The molecule has 0 bridgehead atoms. The molecule has 1 amide bonds. The molecule has 0 aromatic heterocycles. The summed E-state index contributed by atoms with van der Waals surface area (Å²) in [4.78, 5) is 11.9. The monoisotopic (exact) mass is 390 g/mol. The largest absolute Gasteiger partial charge is 0.385 e. The third-order valence-electron chi connectivity index (χ3n) is 3.83. The maximum Gasteiger partial charge on any atom is 0.242 e. The normalized spacial score (nSPS) is 17.2. The van der Waals surface area contributed by atoms with Gasteiger partial charge < -0.3 is 4.74 Å². The summed E-state index contributed by atoms with van der Waals surface area (Å²) in [5.41, 5.74) is 0.538. The van der Waals surface area contributed by atoms with E-state index in [9.17, 15) is 21.6 Å². The molecule has 1 aromatic carbocycles. The highest BCUT2D eigenvalue weighted by molar-refractivity contribution is 7.94. The van der Waals surface area contributed by atoms with Gasteiger partial charge in [-0.15, -0.1) is 0 Å². The fourth-order valence-electron chi connectivity index (χ4n) is 2.59. The van der Waals surface area contributed by atoms with Crippen LogP contribution in [0.4, 0.5) is 5.69 Å². The van der Waals surface area contributed by atoms with Gasteiger partial charge in [0.15, 0.2) is 0 Å². The molecule has 0 aliphatic carbocycles. The van der Waals surface area contributed by atoms with Crippen LogP contribution in [0.2, 0.25) is 0 Å². The lowest BCUT2D eigenvalue weighted by Crippen LogP contribution is -2.30. The Morgan fingerprint density at radius 3 is 2.56 bits per heavy atom. The molecule has 10 heteroatoms. The maximum absolute atomic E-state index is 12.4. The van der Waals surface area contributed by atoms with Crippen molar-refractivity contribution in [3.05, 3.63) is 23.8 Å². The summed E-state index contributed by atoms with van der Waals surface area (Å²) in [7, 11) is -5.79. The Labute approximate surface area is 148 Å². The number of aryl methyl sites for hydroxylation is 1. The summed E-state index contributed by atoms with van der Waals surface area (Å²) in [6.45, 7) is 2.41. The highest BCUT2D eigenvalue weighted by Gasteiger charge is 2.36. The number of unbranched alkanes of at least 4 members (excludes halogenated alkanes) is 1. The van der Waals surface area contributed by atoms with Crippen molar-refractivity contribution in [1.29, 1.82) is 0 Å². The quantitative estimate of drug-likeness (QED) is 0.657. The van der Waals surface area contributed by atoms with Crippen LogP contribution in [0.3, 0.4) is 0 Å². The fourth-order valence-corrected chi connectivity index (χ4v) is 5.34. The Hall–Kier alpha value is -1.49. The summed E-state index contributed by atoms with van der Waals surface area (Å²) in [5.74, 6) is -0.736. The molecular weight excluding hydrogens is 368 g/mol. The fraction of sp³-hybridized carbons (Fsp3) is 0.533. The van der Waals surface area contributed by atoms with E-state index in [4.69, 9.17) is 4.74 Å². The molecule has 0 saturated carbocycles. The topological polar surface area (TPSA) is 110 Å². The lowest BCUT2D eigenvalue weighted by atomic mass is 10.2. The first kappa shape index (κ1) is 19.8. The van der Waals surface area contributed by atoms with E-state index in [1.165, 1.54) is 18.2 Å². The van der Waals surface area contributed by atoms with E-state index >= 15 is 0 Å². The van der Waals surface area contributed by atoms with Crippen molar-refractivity contribution < 1.29 is 26.4 Å². The van der Waals surface area contributed by atoms with Crippen molar-refractivity contribution in [2.45, 2.75) is 31.1 Å². The van der Waals surface area contributed by atoms with Crippen LogP contribution < -0.4 is 9.03 Å². The lowest BCUT2D eigenvalue weighted by Gasteiger charge is -2.17. The number of rotatable bonds is 8. The van der Waals surface area contributed by atoms with E-state index in [1.54, 1.807) is 14.0 Å². The number of hydrogen-bond donors (Lipinski definition) is 1. The van der Waals surface area contributed by atoms with Gasteiger partial charge >= 0.3 is 0 Å². The molecule has 0 unspecified atom stereocenters. The molecule has 8 nitrogen and oxygen atoms in total. The number of carbonyl (C=O) groups excluding carboxylic acids is 1. The van der Waals surface area contributed by atoms with Gasteiger partial charge in [-0.1, -0.05) is 0 Å². The van der Waals surface area contributed by atoms with E-state index in [0.29, 0.717) is 18.6 Å². The second-order valence-corrected chi connectivity index (χ2v) is 9.44. The molecule has 1 N–H and O–H groups in total. The molecule has 2 rings (SSSR count).